The number of nitrogens with zero attached hydrogens (tertiary/aromatic N) is 2. The largest absolute Gasteiger partial charge is 0.486 e. The molecule has 160 valence electrons. The Morgan fingerprint density at radius 2 is 2.07 bits per heavy atom. The van der Waals surface area contributed by atoms with Gasteiger partial charge in [-0.25, -0.2) is 4.98 Å². The molecular formula is C23H28N2O4S. The minimum atomic E-state index is -0.0927. The van der Waals surface area contributed by atoms with E-state index in [9.17, 15) is 4.79 Å². The maximum atomic E-state index is 12.9. The lowest BCUT2D eigenvalue weighted by molar-refractivity contribution is -0.134. The van der Waals surface area contributed by atoms with E-state index in [1.54, 1.807) is 6.26 Å². The molecule has 0 aliphatic carbocycles. The van der Waals surface area contributed by atoms with Crippen LogP contribution >= 0.6 is 11.3 Å². The maximum Gasteiger partial charge on any atom is 0.223 e. The first kappa shape index (κ1) is 22.1. The molecule has 7 heteroatoms. The lowest BCUT2D eigenvalue weighted by atomic mass is 9.91. The minimum absolute atomic E-state index is 0.0694. The van der Waals surface area contributed by atoms with E-state index in [4.69, 9.17) is 14.3 Å². The second-order valence-corrected chi connectivity index (χ2v) is 9.34. The molecule has 0 radical (unpaired) electrons. The second-order valence-electron chi connectivity index (χ2n) is 8.39. The number of furan rings is 1. The molecule has 0 aliphatic heterocycles. The first-order chi connectivity index (χ1) is 14.3. The van der Waals surface area contributed by atoms with Gasteiger partial charge in [-0.1, -0.05) is 32.9 Å². The third-order valence-corrected chi connectivity index (χ3v) is 5.23. The van der Waals surface area contributed by atoms with Gasteiger partial charge in [0.05, 0.1) is 25.1 Å². The van der Waals surface area contributed by atoms with Gasteiger partial charge in [-0.05, 0) is 35.2 Å². The number of rotatable bonds is 9. The highest BCUT2D eigenvalue weighted by Crippen LogP contribution is 2.23. The summed E-state index contributed by atoms with van der Waals surface area (Å²) in [4.78, 5) is 19.1. The predicted molar refractivity (Wildman–Crippen MR) is 116 cm³/mol. The Morgan fingerprint density at radius 3 is 2.73 bits per heavy atom. The highest BCUT2D eigenvalue weighted by Gasteiger charge is 2.22. The average Bonchev–Trinajstić information content (AvgIpc) is 3.36. The summed E-state index contributed by atoms with van der Waals surface area (Å²) in [6.45, 7) is 7.35. The standard InChI is InChI=1S/C23H28N2O4S/c1-23(2,3)11-22(27)25(13-20-8-5-9-28-20)12-17-6-4-7-19(10-17)29-15-21-24-18(14-26)16-30-21/h4-10,16,26H,11-15H2,1-3H3. The number of ether oxygens (including phenoxy) is 1. The number of aliphatic hydroxyl groups excluding tert-OH is 1. The smallest absolute Gasteiger partial charge is 0.223 e. The van der Waals surface area contributed by atoms with E-state index in [2.05, 4.69) is 25.8 Å². The van der Waals surface area contributed by atoms with Crippen molar-refractivity contribution in [2.75, 3.05) is 0 Å². The summed E-state index contributed by atoms with van der Waals surface area (Å²) in [5.74, 6) is 1.56. The van der Waals surface area contributed by atoms with Crippen molar-refractivity contribution in [1.29, 1.82) is 0 Å². The highest BCUT2D eigenvalue weighted by atomic mass is 32.1. The molecule has 2 heterocycles. The van der Waals surface area contributed by atoms with Gasteiger partial charge in [0.15, 0.2) is 0 Å². The second kappa shape index (κ2) is 9.91. The Bertz CT molecular complexity index is 944. The molecule has 0 bridgehead atoms. The van der Waals surface area contributed by atoms with Crippen molar-refractivity contribution in [3.63, 3.8) is 0 Å². The Hall–Kier alpha value is -2.64. The monoisotopic (exact) mass is 428 g/mol. The van der Waals surface area contributed by atoms with Crippen molar-refractivity contribution in [2.24, 2.45) is 5.41 Å². The van der Waals surface area contributed by atoms with Crippen molar-refractivity contribution in [1.82, 2.24) is 9.88 Å². The normalized spacial score (nSPS) is 11.5. The fourth-order valence-corrected chi connectivity index (χ4v) is 3.67. The summed E-state index contributed by atoms with van der Waals surface area (Å²) >= 11 is 1.46. The molecule has 0 spiro atoms. The molecule has 1 N–H and O–H groups in total. The number of thiazole rings is 1. The summed E-state index contributed by atoms with van der Waals surface area (Å²) in [6, 6.07) is 11.4. The van der Waals surface area contributed by atoms with E-state index in [-0.39, 0.29) is 17.9 Å². The van der Waals surface area contributed by atoms with Gasteiger partial charge >= 0.3 is 0 Å². The Labute approximate surface area is 181 Å². The predicted octanol–water partition coefficient (Wildman–Crippen LogP) is 4.77. The molecule has 1 amide bonds. The zero-order chi connectivity index (χ0) is 21.6. The number of hydrogen-bond donors (Lipinski definition) is 1. The topological polar surface area (TPSA) is 75.8 Å². The third-order valence-electron chi connectivity index (χ3n) is 4.36. The van der Waals surface area contributed by atoms with Crippen LogP contribution in [0, 0.1) is 5.41 Å². The molecule has 3 aromatic rings. The lowest BCUT2D eigenvalue weighted by Crippen LogP contribution is -2.32. The van der Waals surface area contributed by atoms with Crippen LogP contribution in [-0.2, 0) is 31.1 Å². The van der Waals surface area contributed by atoms with Crippen LogP contribution in [0.3, 0.4) is 0 Å². The number of carbonyl (C=O) groups is 1. The first-order valence-corrected chi connectivity index (χ1v) is 10.8. The summed E-state index contributed by atoms with van der Waals surface area (Å²) < 4.78 is 11.3. The highest BCUT2D eigenvalue weighted by molar-refractivity contribution is 7.09. The molecule has 0 unspecified atom stereocenters. The van der Waals surface area contributed by atoms with Gasteiger partial charge in [-0.15, -0.1) is 11.3 Å². The Kier molecular flexibility index (Phi) is 7.29. The van der Waals surface area contributed by atoms with E-state index in [1.807, 2.05) is 46.7 Å². The number of aromatic nitrogens is 1. The summed E-state index contributed by atoms with van der Waals surface area (Å²) in [5, 5.41) is 11.8. The molecular weight excluding hydrogens is 400 g/mol. The van der Waals surface area contributed by atoms with Crippen LogP contribution in [0.15, 0.2) is 52.5 Å². The van der Waals surface area contributed by atoms with Gasteiger partial charge in [0.2, 0.25) is 5.91 Å². The van der Waals surface area contributed by atoms with Gasteiger partial charge in [-0.3, -0.25) is 4.79 Å². The van der Waals surface area contributed by atoms with Gasteiger partial charge in [0.1, 0.15) is 23.1 Å². The van der Waals surface area contributed by atoms with Crippen LogP contribution in [0.1, 0.15) is 49.2 Å². The van der Waals surface area contributed by atoms with Crippen molar-refractivity contribution < 1.29 is 19.1 Å². The van der Waals surface area contributed by atoms with Crippen molar-refractivity contribution >= 4 is 17.2 Å². The summed E-state index contributed by atoms with van der Waals surface area (Å²) in [7, 11) is 0. The van der Waals surface area contributed by atoms with Gasteiger partial charge in [0, 0.05) is 18.3 Å². The quantitative estimate of drug-likeness (QED) is 0.531. The van der Waals surface area contributed by atoms with Crippen LogP contribution in [0.25, 0.3) is 0 Å². The maximum absolute atomic E-state index is 12.9. The van der Waals surface area contributed by atoms with Gasteiger partial charge in [0.25, 0.3) is 0 Å². The minimum Gasteiger partial charge on any atom is -0.486 e. The number of carbonyl (C=O) groups excluding carboxylic acids is 1. The fraction of sp³-hybridized carbons (Fsp3) is 0.391. The number of hydrogen-bond acceptors (Lipinski definition) is 6. The molecule has 1 aromatic carbocycles. The number of aliphatic hydroxyl groups is 1. The first-order valence-electron chi connectivity index (χ1n) is 9.88. The number of amides is 1. The van der Waals surface area contributed by atoms with E-state index < -0.39 is 0 Å². The van der Waals surface area contributed by atoms with Crippen LogP contribution in [0.5, 0.6) is 5.75 Å². The van der Waals surface area contributed by atoms with Crippen LogP contribution in [0.2, 0.25) is 0 Å². The van der Waals surface area contributed by atoms with Crippen molar-refractivity contribution in [3.8, 4) is 5.75 Å². The van der Waals surface area contributed by atoms with Gasteiger partial charge in [-0.2, -0.15) is 0 Å². The van der Waals surface area contributed by atoms with Crippen molar-refractivity contribution in [2.45, 2.75) is 53.5 Å². The average molecular weight is 429 g/mol. The zero-order valence-electron chi connectivity index (χ0n) is 17.6. The van der Waals surface area contributed by atoms with Crippen LogP contribution in [0.4, 0.5) is 0 Å². The van der Waals surface area contributed by atoms with Crippen molar-refractivity contribution in [3.05, 3.63) is 70.1 Å². The molecule has 0 aliphatic rings. The molecule has 2 aromatic heterocycles. The number of benzene rings is 1. The van der Waals surface area contributed by atoms with Crippen LogP contribution in [-0.4, -0.2) is 20.9 Å². The molecule has 6 nitrogen and oxygen atoms in total. The van der Waals surface area contributed by atoms with E-state index >= 15 is 0 Å². The molecule has 0 atom stereocenters. The zero-order valence-corrected chi connectivity index (χ0v) is 18.4. The Balaban J connectivity index is 1.68. The fourth-order valence-electron chi connectivity index (χ4n) is 2.98. The lowest BCUT2D eigenvalue weighted by Gasteiger charge is -2.26. The SMILES string of the molecule is CC(C)(C)CC(=O)N(Cc1cccc(OCc2nc(CO)cs2)c1)Cc1ccco1. The van der Waals surface area contributed by atoms with E-state index in [0.717, 1.165) is 22.1 Å². The third kappa shape index (κ3) is 6.71. The molecule has 0 fully saturated rings. The van der Waals surface area contributed by atoms with Gasteiger partial charge < -0.3 is 19.2 Å². The molecule has 30 heavy (non-hydrogen) atoms. The Morgan fingerprint density at radius 1 is 1.23 bits per heavy atom. The summed E-state index contributed by atoms with van der Waals surface area (Å²) in [6.07, 6.45) is 2.08. The molecule has 3 rings (SSSR count). The molecule has 0 saturated heterocycles. The van der Waals surface area contributed by atoms with E-state index in [1.165, 1.54) is 11.3 Å². The van der Waals surface area contributed by atoms with E-state index in [0.29, 0.717) is 31.8 Å². The summed E-state index contributed by atoms with van der Waals surface area (Å²) in [5.41, 5.74) is 1.54. The van der Waals surface area contributed by atoms with Crippen LogP contribution < -0.4 is 4.74 Å². The molecule has 0 saturated carbocycles.